The number of hydrogen-bond donors (Lipinski definition) is 1. The average Bonchev–Trinajstić information content (AvgIpc) is 4.11. The fourth-order valence-electron chi connectivity index (χ4n) is 12.7. The first kappa shape index (κ1) is 44.2. The van der Waals surface area contributed by atoms with E-state index in [0.717, 1.165) is 81.1 Å². The monoisotopic (exact) mass is 953 g/mol. The third kappa shape index (κ3) is 6.97. The first-order valence-electron chi connectivity index (χ1n) is 26.3. The van der Waals surface area contributed by atoms with Crippen LogP contribution in [-0.2, 0) is 10.8 Å². The standard InChI is InChI=1S/C69H56BN3O/c1-43-38-53(52-40-50(72(48-25-14-8-15-26-48)49-27-16-9-17-28-49)32-34-58(52)71-47-31-33-55-56(39-47)69(4,5)37-36-68(55,2)3)65-66-62(43)64-51-29-19-18-20-44(51)30-35-59(64)73(66)60-41-54-61(42-57(60)70-65)74-67(46-23-12-7-13-24-46)63(54)45-21-10-6-11-22-45/h6-35,38-42,70-71H,36-37H2,1-5H3. The molecule has 2 aromatic heterocycles. The maximum absolute atomic E-state index is 7.08. The van der Waals surface area contributed by atoms with E-state index in [0.29, 0.717) is 0 Å². The molecule has 1 aliphatic carbocycles. The van der Waals surface area contributed by atoms with E-state index < -0.39 is 0 Å². The molecule has 2 aliphatic rings. The number of furan rings is 1. The van der Waals surface area contributed by atoms with Crippen LogP contribution in [-0.4, -0.2) is 11.8 Å². The van der Waals surface area contributed by atoms with E-state index >= 15 is 0 Å². The summed E-state index contributed by atoms with van der Waals surface area (Å²) in [5, 5.41) is 10.3. The van der Waals surface area contributed by atoms with E-state index in [9.17, 15) is 0 Å². The minimum Gasteiger partial charge on any atom is -0.455 e. The van der Waals surface area contributed by atoms with Crippen LogP contribution in [0.5, 0.6) is 0 Å². The van der Waals surface area contributed by atoms with E-state index in [-0.39, 0.29) is 10.8 Å². The number of aromatic nitrogens is 1. The zero-order valence-electron chi connectivity index (χ0n) is 42.6. The highest BCUT2D eigenvalue weighted by Crippen LogP contribution is 2.49. The molecule has 0 saturated carbocycles. The number of hydrogen-bond acceptors (Lipinski definition) is 3. The number of para-hydroxylation sites is 2. The van der Waals surface area contributed by atoms with E-state index in [2.05, 4.69) is 262 Å². The van der Waals surface area contributed by atoms with Crippen molar-refractivity contribution in [2.45, 2.75) is 58.3 Å². The van der Waals surface area contributed by atoms with Crippen LogP contribution < -0.4 is 21.1 Å². The second-order valence-corrected chi connectivity index (χ2v) is 22.0. The van der Waals surface area contributed by atoms with Crippen LogP contribution in [0.3, 0.4) is 0 Å². The minimum atomic E-state index is 0.0710. The van der Waals surface area contributed by atoms with Gasteiger partial charge < -0.3 is 19.2 Å². The third-order valence-corrected chi connectivity index (χ3v) is 16.5. The second kappa shape index (κ2) is 16.8. The van der Waals surface area contributed by atoms with Gasteiger partial charge in [-0.2, -0.15) is 0 Å². The van der Waals surface area contributed by atoms with Crippen molar-refractivity contribution in [3.63, 3.8) is 0 Å². The zero-order chi connectivity index (χ0) is 49.9. The van der Waals surface area contributed by atoms with Crippen LogP contribution in [0.4, 0.5) is 28.4 Å². The van der Waals surface area contributed by atoms with Crippen molar-refractivity contribution in [1.29, 1.82) is 0 Å². The first-order chi connectivity index (χ1) is 36.1. The Kier molecular flexibility index (Phi) is 10.0. The molecule has 0 unspecified atom stereocenters. The van der Waals surface area contributed by atoms with Crippen LogP contribution in [0.1, 0.15) is 57.2 Å². The molecule has 12 aromatic rings. The Balaban J connectivity index is 1.05. The lowest BCUT2D eigenvalue weighted by Crippen LogP contribution is -2.37. The maximum Gasteiger partial charge on any atom is 0.198 e. The summed E-state index contributed by atoms with van der Waals surface area (Å²) in [6.07, 6.45) is 2.34. The van der Waals surface area contributed by atoms with Crippen LogP contribution in [0, 0.1) is 6.92 Å². The normalized spacial score (nSPS) is 14.2. The Morgan fingerprint density at radius 1 is 0.541 bits per heavy atom. The molecule has 3 heterocycles. The lowest BCUT2D eigenvalue weighted by molar-refractivity contribution is 0.332. The molecule has 0 amide bonds. The smallest absolute Gasteiger partial charge is 0.198 e. The lowest BCUT2D eigenvalue weighted by atomic mass is 9.58. The SMILES string of the molecule is Cc1cc(-c2cc(N(c3ccccc3)c3ccccc3)ccc2Nc2ccc3c(c2)C(C)(C)CCC3(C)C)c2c3c1c1c4ccccc4ccc1n3-c1cc3c(-c4ccccc4)c(-c4ccccc4)oc3cc1B2. The van der Waals surface area contributed by atoms with Gasteiger partial charge in [0.2, 0.25) is 0 Å². The molecule has 0 spiro atoms. The number of rotatable bonds is 8. The Morgan fingerprint density at radius 2 is 1.19 bits per heavy atom. The quantitative estimate of drug-likeness (QED) is 0.154. The van der Waals surface area contributed by atoms with E-state index in [1.54, 1.807) is 0 Å². The summed E-state index contributed by atoms with van der Waals surface area (Å²) < 4.78 is 9.67. The molecular weight excluding hydrogens is 898 g/mol. The van der Waals surface area contributed by atoms with E-state index in [1.807, 2.05) is 0 Å². The van der Waals surface area contributed by atoms with Crippen molar-refractivity contribution in [1.82, 2.24) is 4.57 Å². The minimum absolute atomic E-state index is 0.0710. The number of nitrogens with one attached hydrogen (secondary N) is 1. The molecule has 0 bridgehead atoms. The molecule has 5 heteroatoms. The van der Waals surface area contributed by atoms with Crippen molar-refractivity contribution in [3.8, 4) is 39.3 Å². The number of nitrogens with zero attached hydrogens (tertiary/aromatic N) is 2. The molecule has 0 radical (unpaired) electrons. The van der Waals surface area contributed by atoms with Crippen LogP contribution in [0.15, 0.2) is 217 Å². The van der Waals surface area contributed by atoms with Crippen molar-refractivity contribution in [2.24, 2.45) is 0 Å². The highest BCUT2D eigenvalue weighted by molar-refractivity contribution is 6.74. The van der Waals surface area contributed by atoms with Gasteiger partial charge in [-0.1, -0.05) is 173 Å². The van der Waals surface area contributed by atoms with Crippen molar-refractivity contribution < 1.29 is 4.42 Å². The molecule has 1 N–H and O–H groups in total. The maximum atomic E-state index is 7.08. The molecule has 4 nitrogen and oxygen atoms in total. The van der Waals surface area contributed by atoms with Crippen LogP contribution in [0.2, 0.25) is 0 Å². The Bertz CT molecular complexity index is 4150. The van der Waals surface area contributed by atoms with Crippen molar-refractivity contribution in [3.05, 3.63) is 229 Å². The van der Waals surface area contributed by atoms with Gasteiger partial charge in [0.25, 0.3) is 0 Å². The highest BCUT2D eigenvalue weighted by Gasteiger charge is 2.37. The Labute approximate surface area is 433 Å². The molecule has 10 aromatic carbocycles. The molecule has 1 aliphatic heterocycles. The van der Waals surface area contributed by atoms with Crippen LogP contribution in [0.25, 0.3) is 82.8 Å². The van der Waals surface area contributed by atoms with Gasteiger partial charge in [-0.15, -0.1) is 0 Å². The predicted octanol–water partition coefficient (Wildman–Crippen LogP) is 17.3. The summed E-state index contributed by atoms with van der Waals surface area (Å²) in [5.41, 5.74) is 22.6. The molecular formula is C69H56BN3O. The van der Waals surface area contributed by atoms with Gasteiger partial charge in [-0.3, -0.25) is 0 Å². The predicted molar refractivity (Wildman–Crippen MR) is 315 cm³/mol. The van der Waals surface area contributed by atoms with Gasteiger partial charge in [0.05, 0.1) is 5.52 Å². The van der Waals surface area contributed by atoms with Gasteiger partial charge in [-0.25, -0.2) is 0 Å². The Morgan fingerprint density at radius 3 is 1.91 bits per heavy atom. The van der Waals surface area contributed by atoms with Gasteiger partial charge in [0.15, 0.2) is 7.28 Å². The number of aryl methyl sites for hydroxylation is 1. The fourth-order valence-corrected chi connectivity index (χ4v) is 12.7. The van der Waals surface area contributed by atoms with Crippen LogP contribution >= 0.6 is 0 Å². The summed E-state index contributed by atoms with van der Waals surface area (Å²) in [4.78, 5) is 2.38. The van der Waals surface area contributed by atoms with Crippen molar-refractivity contribution in [2.75, 3.05) is 10.2 Å². The number of benzene rings is 10. The second-order valence-electron chi connectivity index (χ2n) is 22.0. The molecule has 0 saturated heterocycles. The molecule has 0 atom stereocenters. The summed E-state index contributed by atoms with van der Waals surface area (Å²) >= 11 is 0. The highest BCUT2D eigenvalue weighted by atomic mass is 16.3. The lowest BCUT2D eigenvalue weighted by Gasteiger charge is -2.42. The summed E-state index contributed by atoms with van der Waals surface area (Å²) in [7, 11) is 0.723. The fraction of sp³-hybridized carbons (Fsp3) is 0.130. The van der Waals surface area contributed by atoms with Gasteiger partial charge in [0, 0.05) is 72.5 Å². The van der Waals surface area contributed by atoms with E-state index in [1.165, 1.54) is 77.9 Å². The molecule has 0 fully saturated rings. The number of anilines is 5. The molecule has 14 rings (SSSR count). The number of fused-ring (bicyclic) bond motifs is 9. The Hall–Kier alpha value is -8.54. The topological polar surface area (TPSA) is 33.3 Å². The summed E-state index contributed by atoms with van der Waals surface area (Å²) in [6.45, 7) is 12.0. The first-order valence-corrected chi connectivity index (χ1v) is 26.3. The third-order valence-electron chi connectivity index (χ3n) is 16.5. The largest absolute Gasteiger partial charge is 0.455 e. The molecule has 356 valence electrons. The molecule has 74 heavy (non-hydrogen) atoms. The summed E-state index contributed by atoms with van der Waals surface area (Å²) in [6, 6.07) is 77.8. The van der Waals surface area contributed by atoms with Crippen molar-refractivity contribution >= 4 is 90.2 Å². The average molecular weight is 954 g/mol. The zero-order valence-corrected chi connectivity index (χ0v) is 42.6. The van der Waals surface area contributed by atoms with Gasteiger partial charge in [-0.05, 0) is 147 Å². The van der Waals surface area contributed by atoms with E-state index in [4.69, 9.17) is 4.42 Å². The van der Waals surface area contributed by atoms with Gasteiger partial charge in [0.1, 0.15) is 11.3 Å². The summed E-state index contributed by atoms with van der Waals surface area (Å²) in [5.74, 6) is 0.889. The van der Waals surface area contributed by atoms with Gasteiger partial charge >= 0.3 is 0 Å².